The van der Waals surface area contributed by atoms with Crippen LogP contribution in [0.5, 0.6) is 0 Å². The van der Waals surface area contributed by atoms with Crippen molar-refractivity contribution in [2.45, 2.75) is 32.3 Å². The van der Waals surface area contributed by atoms with Gasteiger partial charge in [0.25, 0.3) is 5.89 Å². The van der Waals surface area contributed by atoms with Gasteiger partial charge in [-0.15, -0.1) is 0 Å². The number of hydrogen-bond acceptors (Lipinski definition) is 6. The fourth-order valence-electron chi connectivity index (χ4n) is 3.56. The number of fused-ring (bicyclic) bond motifs is 3. The number of H-pyrrole nitrogens is 1. The van der Waals surface area contributed by atoms with Crippen LogP contribution in [0.2, 0.25) is 0 Å². The third kappa shape index (κ3) is 2.91. The predicted octanol–water partition coefficient (Wildman–Crippen LogP) is 4.05. The lowest BCUT2D eigenvalue weighted by Crippen LogP contribution is -2.06. The fraction of sp³-hybridized carbons (Fsp3) is 0.250. The van der Waals surface area contributed by atoms with Crippen LogP contribution in [-0.2, 0) is 24.2 Å². The Balaban J connectivity index is 1.32. The highest BCUT2D eigenvalue weighted by Crippen LogP contribution is 2.30. The number of ether oxygens (including phenoxy) is 1. The molecular formula is C20H17N3O4. The third-order valence-corrected chi connectivity index (χ3v) is 4.87. The number of carbonyl (C=O) groups is 1. The first kappa shape index (κ1) is 15.9. The summed E-state index contributed by atoms with van der Waals surface area (Å²) in [6.45, 7) is -0.0632. The summed E-state index contributed by atoms with van der Waals surface area (Å²) < 4.78 is 15.7. The van der Waals surface area contributed by atoms with Crippen LogP contribution >= 0.6 is 0 Å². The molecular weight excluding hydrogens is 346 g/mol. The van der Waals surface area contributed by atoms with Gasteiger partial charge in [0.05, 0.1) is 11.8 Å². The van der Waals surface area contributed by atoms with Crippen LogP contribution in [0, 0.1) is 0 Å². The molecule has 4 aromatic rings. The molecule has 1 N–H and O–H groups in total. The minimum atomic E-state index is -0.410. The number of nitrogens with one attached hydrogen (secondary N) is 1. The van der Waals surface area contributed by atoms with Crippen molar-refractivity contribution in [1.82, 2.24) is 15.1 Å². The van der Waals surface area contributed by atoms with Crippen molar-refractivity contribution in [3.8, 4) is 11.7 Å². The Bertz CT molecular complexity index is 1110. The minimum absolute atomic E-state index is 0.0632. The molecule has 7 nitrogen and oxygen atoms in total. The number of carbonyl (C=O) groups excluding carboxylic acids is 1. The van der Waals surface area contributed by atoms with Gasteiger partial charge in [-0.1, -0.05) is 5.16 Å². The number of nitrogens with zero attached hydrogens (tertiary/aromatic N) is 2. The first-order chi connectivity index (χ1) is 13.3. The van der Waals surface area contributed by atoms with E-state index in [4.69, 9.17) is 13.7 Å². The second kappa shape index (κ2) is 6.42. The number of aromatic amines is 1. The van der Waals surface area contributed by atoms with E-state index in [1.807, 2.05) is 12.1 Å². The average molecular weight is 363 g/mol. The van der Waals surface area contributed by atoms with E-state index >= 15 is 0 Å². The Morgan fingerprint density at radius 1 is 1.22 bits per heavy atom. The number of benzene rings is 1. The first-order valence-corrected chi connectivity index (χ1v) is 8.95. The molecule has 136 valence electrons. The number of furan rings is 1. The second-order valence-corrected chi connectivity index (χ2v) is 6.62. The molecule has 0 spiro atoms. The first-order valence-electron chi connectivity index (χ1n) is 8.95. The maximum absolute atomic E-state index is 12.4. The van der Waals surface area contributed by atoms with Crippen LogP contribution in [-0.4, -0.2) is 21.1 Å². The summed E-state index contributed by atoms with van der Waals surface area (Å²) in [5.74, 6) is 0.607. The van der Waals surface area contributed by atoms with E-state index in [9.17, 15) is 4.79 Å². The lowest BCUT2D eigenvalue weighted by Gasteiger charge is -2.10. The molecule has 3 heterocycles. The van der Waals surface area contributed by atoms with Crippen molar-refractivity contribution in [2.75, 3.05) is 0 Å². The molecule has 27 heavy (non-hydrogen) atoms. The molecule has 0 amide bonds. The van der Waals surface area contributed by atoms with Gasteiger partial charge in [-0.3, -0.25) is 0 Å². The van der Waals surface area contributed by atoms with Gasteiger partial charge in [-0.2, -0.15) is 4.98 Å². The van der Waals surface area contributed by atoms with Gasteiger partial charge in [-0.25, -0.2) is 4.79 Å². The Morgan fingerprint density at radius 2 is 2.15 bits per heavy atom. The third-order valence-electron chi connectivity index (χ3n) is 4.87. The molecule has 1 aromatic carbocycles. The van der Waals surface area contributed by atoms with Crippen LogP contribution in [0.4, 0.5) is 0 Å². The van der Waals surface area contributed by atoms with E-state index < -0.39 is 5.97 Å². The standard InChI is InChI=1S/C20H17N3O4/c24-20(26-11-18-22-19(27-23-18)17-6-3-9-25-17)12-7-8-16-14(10-12)13-4-1-2-5-15(13)21-16/h3,6-10,21H,1-2,4-5,11H2. The molecule has 0 atom stereocenters. The predicted molar refractivity (Wildman–Crippen MR) is 96.1 cm³/mol. The van der Waals surface area contributed by atoms with Crippen LogP contribution in [0.15, 0.2) is 45.5 Å². The number of rotatable bonds is 4. The maximum atomic E-state index is 12.4. The Labute approximate surface area is 154 Å². The number of esters is 1. The van der Waals surface area contributed by atoms with Crippen molar-refractivity contribution < 1.29 is 18.5 Å². The molecule has 5 rings (SSSR count). The van der Waals surface area contributed by atoms with Crippen molar-refractivity contribution >= 4 is 16.9 Å². The summed E-state index contributed by atoms with van der Waals surface area (Å²) in [6.07, 6.45) is 6.03. The number of hydrogen-bond donors (Lipinski definition) is 1. The maximum Gasteiger partial charge on any atom is 0.338 e. The van der Waals surface area contributed by atoms with E-state index in [1.165, 1.54) is 30.4 Å². The molecule has 7 heteroatoms. The van der Waals surface area contributed by atoms with Crippen molar-refractivity contribution in [2.24, 2.45) is 0 Å². The zero-order valence-electron chi connectivity index (χ0n) is 14.5. The van der Waals surface area contributed by atoms with Crippen LogP contribution in [0.25, 0.3) is 22.6 Å². The number of aromatic nitrogens is 3. The molecule has 0 bridgehead atoms. The van der Waals surface area contributed by atoms with Gasteiger partial charge in [0, 0.05) is 16.6 Å². The highest BCUT2D eigenvalue weighted by atomic mass is 16.5. The molecule has 0 saturated carbocycles. The molecule has 0 saturated heterocycles. The van der Waals surface area contributed by atoms with Gasteiger partial charge >= 0.3 is 5.97 Å². The molecule has 0 radical (unpaired) electrons. The molecule has 0 fully saturated rings. The summed E-state index contributed by atoms with van der Waals surface area (Å²) in [4.78, 5) is 20.1. The Kier molecular flexibility index (Phi) is 3.78. The van der Waals surface area contributed by atoms with Crippen LogP contribution < -0.4 is 0 Å². The highest BCUT2D eigenvalue weighted by molar-refractivity contribution is 5.96. The van der Waals surface area contributed by atoms with E-state index in [-0.39, 0.29) is 18.3 Å². The highest BCUT2D eigenvalue weighted by Gasteiger charge is 2.18. The van der Waals surface area contributed by atoms with E-state index in [1.54, 1.807) is 18.2 Å². The summed E-state index contributed by atoms with van der Waals surface area (Å²) >= 11 is 0. The molecule has 1 aliphatic carbocycles. The monoisotopic (exact) mass is 363 g/mol. The Morgan fingerprint density at radius 3 is 3.04 bits per heavy atom. The van der Waals surface area contributed by atoms with Crippen LogP contribution in [0.1, 0.15) is 40.3 Å². The van der Waals surface area contributed by atoms with Gasteiger partial charge in [0.15, 0.2) is 12.4 Å². The van der Waals surface area contributed by atoms with Gasteiger partial charge < -0.3 is 18.7 Å². The largest absolute Gasteiger partial charge is 0.459 e. The topological polar surface area (TPSA) is 94.2 Å². The van der Waals surface area contributed by atoms with Gasteiger partial charge in [0.1, 0.15) is 0 Å². The van der Waals surface area contributed by atoms with Gasteiger partial charge in [0.2, 0.25) is 5.82 Å². The van der Waals surface area contributed by atoms with Crippen molar-refractivity contribution in [3.05, 3.63) is 59.2 Å². The summed E-state index contributed by atoms with van der Waals surface area (Å²) in [5, 5.41) is 4.92. The zero-order valence-corrected chi connectivity index (χ0v) is 14.5. The van der Waals surface area contributed by atoms with Gasteiger partial charge in [-0.05, 0) is 61.6 Å². The van der Waals surface area contributed by atoms with E-state index in [0.29, 0.717) is 11.3 Å². The number of aryl methyl sites for hydroxylation is 2. The lowest BCUT2D eigenvalue weighted by molar-refractivity contribution is 0.0460. The lowest BCUT2D eigenvalue weighted by atomic mass is 9.95. The SMILES string of the molecule is O=C(OCc1noc(-c2ccco2)n1)c1ccc2[nH]c3c(c2c1)CCCC3. The van der Waals surface area contributed by atoms with E-state index in [0.717, 1.165) is 23.7 Å². The minimum Gasteiger partial charge on any atom is -0.459 e. The average Bonchev–Trinajstić information content (AvgIpc) is 3.44. The molecule has 3 aromatic heterocycles. The fourth-order valence-corrected chi connectivity index (χ4v) is 3.56. The second-order valence-electron chi connectivity index (χ2n) is 6.62. The Hall–Kier alpha value is -3.35. The normalized spacial score (nSPS) is 13.6. The molecule has 0 aliphatic heterocycles. The quantitative estimate of drug-likeness (QED) is 0.550. The summed E-state index contributed by atoms with van der Waals surface area (Å²) in [7, 11) is 0. The van der Waals surface area contributed by atoms with Crippen molar-refractivity contribution in [1.29, 1.82) is 0 Å². The summed E-state index contributed by atoms with van der Waals surface area (Å²) in [6, 6.07) is 9.07. The zero-order chi connectivity index (χ0) is 18.2. The smallest absolute Gasteiger partial charge is 0.338 e. The van der Waals surface area contributed by atoms with Crippen molar-refractivity contribution in [3.63, 3.8) is 0 Å². The summed E-state index contributed by atoms with van der Waals surface area (Å²) in [5.41, 5.74) is 4.20. The van der Waals surface area contributed by atoms with E-state index in [2.05, 4.69) is 15.1 Å². The molecule has 1 aliphatic rings. The molecule has 0 unspecified atom stereocenters. The van der Waals surface area contributed by atoms with Crippen LogP contribution in [0.3, 0.4) is 0 Å².